The molecule has 0 radical (unpaired) electrons. The number of carbonyl (C=O) groups is 2. The van der Waals surface area contributed by atoms with E-state index in [0.29, 0.717) is 37.2 Å². The molecule has 6 heteroatoms. The molecular weight excluding hydrogens is 336 g/mol. The summed E-state index contributed by atoms with van der Waals surface area (Å²) in [5, 5.41) is 18.9. The summed E-state index contributed by atoms with van der Waals surface area (Å²) in [7, 11) is 0. The van der Waals surface area contributed by atoms with Crippen molar-refractivity contribution in [1.82, 2.24) is 0 Å². The zero-order chi connectivity index (χ0) is 19.7. The van der Waals surface area contributed by atoms with Gasteiger partial charge in [-0.15, -0.1) is 0 Å². The summed E-state index contributed by atoms with van der Waals surface area (Å²) in [5.41, 5.74) is 2.83. The first-order valence-electron chi connectivity index (χ1n) is 8.29. The van der Waals surface area contributed by atoms with Gasteiger partial charge in [-0.1, -0.05) is 24.3 Å². The van der Waals surface area contributed by atoms with Gasteiger partial charge in [0.25, 0.3) is 0 Å². The normalized spacial score (nSPS) is 10.5. The lowest BCUT2D eigenvalue weighted by molar-refractivity contribution is 0.0677. The van der Waals surface area contributed by atoms with Gasteiger partial charge in [-0.05, 0) is 49.9 Å². The van der Waals surface area contributed by atoms with E-state index < -0.39 is 11.9 Å². The van der Waals surface area contributed by atoms with Crippen molar-refractivity contribution in [3.8, 4) is 0 Å². The van der Waals surface area contributed by atoms with Gasteiger partial charge in [-0.3, -0.25) is 0 Å². The molecular formula is C20H26O6. The van der Waals surface area contributed by atoms with E-state index >= 15 is 0 Å². The maximum absolute atomic E-state index is 11.6. The van der Waals surface area contributed by atoms with E-state index in [0.717, 1.165) is 11.1 Å². The first-order valence-corrected chi connectivity index (χ1v) is 8.29. The zero-order valence-electron chi connectivity index (χ0n) is 15.3. The molecule has 0 aromatic heterocycles. The Kier molecular flexibility index (Phi) is 8.75. The van der Waals surface area contributed by atoms with Crippen LogP contribution in [0, 0.1) is 0 Å². The Bertz CT molecular complexity index is 631. The molecule has 0 saturated heterocycles. The number of rotatable bonds is 12. The molecule has 0 heterocycles. The molecule has 0 bridgehead atoms. The highest BCUT2D eigenvalue weighted by Crippen LogP contribution is 2.22. The van der Waals surface area contributed by atoms with Crippen molar-refractivity contribution >= 4 is 11.9 Å². The van der Waals surface area contributed by atoms with Gasteiger partial charge in [-0.2, -0.15) is 0 Å². The minimum Gasteiger partial charge on any atom is -0.478 e. The molecule has 1 rings (SSSR count). The number of carboxylic acid groups (broad SMARTS) is 2. The van der Waals surface area contributed by atoms with Gasteiger partial charge in [0.2, 0.25) is 0 Å². The highest BCUT2D eigenvalue weighted by atomic mass is 16.5. The Balaban J connectivity index is 3.10. The highest BCUT2D eigenvalue weighted by molar-refractivity contribution is 5.95. The van der Waals surface area contributed by atoms with Crippen LogP contribution in [0.15, 0.2) is 36.4 Å². The average molecular weight is 362 g/mol. The smallest absolute Gasteiger partial charge is 0.335 e. The van der Waals surface area contributed by atoms with Crippen molar-refractivity contribution in [2.45, 2.75) is 26.7 Å². The molecule has 0 unspecified atom stereocenters. The zero-order valence-corrected chi connectivity index (χ0v) is 15.3. The van der Waals surface area contributed by atoms with Gasteiger partial charge in [0.1, 0.15) is 0 Å². The number of ether oxygens (including phenoxy) is 2. The van der Waals surface area contributed by atoms with Crippen LogP contribution in [0.1, 0.15) is 45.7 Å². The predicted molar refractivity (Wildman–Crippen MR) is 99.0 cm³/mol. The Labute approximate surface area is 153 Å². The van der Waals surface area contributed by atoms with E-state index in [-0.39, 0.29) is 24.3 Å². The van der Waals surface area contributed by atoms with Gasteiger partial charge in [-0.25, -0.2) is 9.59 Å². The molecule has 0 amide bonds. The molecule has 142 valence electrons. The summed E-state index contributed by atoms with van der Waals surface area (Å²) in [4.78, 5) is 23.1. The third-order valence-electron chi connectivity index (χ3n) is 3.58. The maximum Gasteiger partial charge on any atom is 0.335 e. The summed E-state index contributed by atoms with van der Waals surface area (Å²) < 4.78 is 10.9. The fraction of sp³-hybridized carbons (Fsp3) is 0.400. The minimum atomic E-state index is -1.10. The van der Waals surface area contributed by atoms with Crippen LogP contribution in [-0.4, -0.2) is 48.6 Å². The second kappa shape index (κ2) is 10.5. The van der Waals surface area contributed by atoms with Crippen LogP contribution in [0.3, 0.4) is 0 Å². The second-order valence-corrected chi connectivity index (χ2v) is 6.25. The standard InChI is InChI=1S/C20H26O6/c1-13(2)11-25-9-7-15-16(8-10-26-12-14(3)4)18(20(23)24)6-5-17(15)19(21)22/h5-6H,1,3,7-12H2,2,4H3,(H,21,22)(H,23,24). The van der Waals surface area contributed by atoms with Gasteiger partial charge < -0.3 is 19.7 Å². The number of hydrogen-bond acceptors (Lipinski definition) is 4. The molecule has 26 heavy (non-hydrogen) atoms. The summed E-state index contributed by atoms with van der Waals surface area (Å²) in [6.07, 6.45) is 0.595. The average Bonchev–Trinajstić information content (AvgIpc) is 2.54. The number of aromatic carboxylic acids is 2. The molecule has 2 N–H and O–H groups in total. The van der Waals surface area contributed by atoms with Crippen molar-refractivity contribution in [2.24, 2.45) is 0 Å². The molecule has 0 saturated carbocycles. The van der Waals surface area contributed by atoms with Gasteiger partial charge in [0, 0.05) is 0 Å². The lowest BCUT2D eigenvalue weighted by Crippen LogP contribution is -2.16. The SMILES string of the molecule is C=C(C)COCCc1c(C(=O)O)ccc(C(=O)O)c1CCOCC(=C)C. The van der Waals surface area contributed by atoms with Crippen LogP contribution in [-0.2, 0) is 22.3 Å². The topological polar surface area (TPSA) is 93.1 Å². The highest BCUT2D eigenvalue weighted by Gasteiger charge is 2.20. The second-order valence-electron chi connectivity index (χ2n) is 6.25. The van der Waals surface area contributed by atoms with Crippen molar-refractivity contribution in [3.63, 3.8) is 0 Å². The number of benzene rings is 1. The molecule has 0 atom stereocenters. The van der Waals surface area contributed by atoms with Crippen LogP contribution in [0.2, 0.25) is 0 Å². The quantitative estimate of drug-likeness (QED) is 0.437. The van der Waals surface area contributed by atoms with E-state index in [1.165, 1.54) is 12.1 Å². The molecule has 1 aromatic carbocycles. The maximum atomic E-state index is 11.6. The molecule has 1 aromatic rings. The number of carboxylic acids is 2. The Morgan fingerprint density at radius 1 is 0.846 bits per heavy atom. The van der Waals surface area contributed by atoms with Crippen LogP contribution in [0.25, 0.3) is 0 Å². The Morgan fingerprint density at radius 3 is 1.46 bits per heavy atom. The van der Waals surface area contributed by atoms with Crippen LogP contribution < -0.4 is 0 Å². The first kappa shape index (κ1) is 21.6. The van der Waals surface area contributed by atoms with Crippen molar-refractivity contribution in [1.29, 1.82) is 0 Å². The van der Waals surface area contributed by atoms with Crippen molar-refractivity contribution in [3.05, 3.63) is 58.7 Å². The van der Waals surface area contributed by atoms with Crippen LogP contribution >= 0.6 is 0 Å². The summed E-state index contributed by atoms with van der Waals surface area (Å²) in [6, 6.07) is 2.66. The molecule has 0 fully saturated rings. The molecule has 6 nitrogen and oxygen atoms in total. The fourth-order valence-electron chi connectivity index (χ4n) is 2.51. The Hall–Kier alpha value is -2.44. The van der Waals surface area contributed by atoms with E-state index in [2.05, 4.69) is 13.2 Å². The summed E-state index contributed by atoms with van der Waals surface area (Å²) in [5.74, 6) is -2.19. The van der Waals surface area contributed by atoms with E-state index in [1.807, 2.05) is 13.8 Å². The third-order valence-corrected chi connectivity index (χ3v) is 3.58. The fourth-order valence-corrected chi connectivity index (χ4v) is 2.51. The monoisotopic (exact) mass is 362 g/mol. The predicted octanol–water partition coefficient (Wildman–Crippen LogP) is 3.35. The lowest BCUT2D eigenvalue weighted by atomic mass is 9.92. The van der Waals surface area contributed by atoms with E-state index in [4.69, 9.17) is 9.47 Å². The van der Waals surface area contributed by atoms with E-state index in [1.54, 1.807) is 0 Å². The van der Waals surface area contributed by atoms with Crippen LogP contribution in [0.5, 0.6) is 0 Å². The molecule has 0 aliphatic rings. The third kappa shape index (κ3) is 6.82. The minimum absolute atomic E-state index is 0.0869. The number of hydrogen-bond donors (Lipinski definition) is 2. The van der Waals surface area contributed by atoms with Gasteiger partial charge in [0.05, 0.1) is 37.6 Å². The van der Waals surface area contributed by atoms with E-state index in [9.17, 15) is 19.8 Å². The summed E-state index contributed by atoms with van der Waals surface area (Å²) in [6.45, 7) is 12.4. The molecule has 0 aliphatic carbocycles. The molecule has 0 aliphatic heterocycles. The lowest BCUT2D eigenvalue weighted by Gasteiger charge is -2.16. The van der Waals surface area contributed by atoms with Gasteiger partial charge in [0.15, 0.2) is 0 Å². The Morgan fingerprint density at radius 2 is 1.19 bits per heavy atom. The summed E-state index contributed by atoms with van der Waals surface area (Å²) >= 11 is 0. The largest absolute Gasteiger partial charge is 0.478 e. The van der Waals surface area contributed by atoms with Crippen molar-refractivity contribution in [2.75, 3.05) is 26.4 Å². The molecule has 0 spiro atoms. The van der Waals surface area contributed by atoms with Crippen LogP contribution in [0.4, 0.5) is 0 Å². The first-order chi connectivity index (χ1) is 12.2. The van der Waals surface area contributed by atoms with Crippen molar-refractivity contribution < 1.29 is 29.3 Å². The van der Waals surface area contributed by atoms with Gasteiger partial charge >= 0.3 is 11.9 Å².